The Balaban J connectivity index is 1.47. The van der Waals surface area contributed by atoms with Crippen molar-refractivity contribution in [2.75, 3.05) is 11.5 Å². The summed E-state index contributed by atoms with van der Waals surface area (Å²) >= 11 is 1.93. The van der Waals surface area contributed by atoms with Crippen LogP contribution >= 0.6 is 11.8 Å². The molecule has 0 fully saturated rings. The number of rotatable bonds is 7. The lowest BCUT2D eigenvalue weighted by Gasteiger charge is -2.07. The molecule has 0 aliphatic carbocycles. The van der Waals surface area contributed by atoms with Gasteiger partial charge in [-0.2, -0.15) is 0 Å². The van der Waals surface area contributed by atoms with Gasteiger partial charge in [0.25, 0.3) is 0 Å². The van der Waals surface area contributed by atoms with Crippen LogP contribution in [-0.2, 0) is 6.54 Å². The summed E-state index contributed by atoms with van der Waals surface area (Å²) in [4.78, 5) is 9.93. The van der Waals surface area contributed by atoms with E-state index >= 15 is 0 Å². The molecule has 0 saturated carbocycles. The van der Waals surface area contributed by atoms with Crippen LogP contribution in [0, 0.1) is 6.92 Å². The molecule has 0 unspecified atom stereocenters. The van der Waals surface area contributed by atoms with Gasteiger partial charge in [0.15, 0.2) is 5.82 Å². The van der Waals surface area contributed by atoms with Gasteiger partial charge in [0.2, 0.25) is 0 Å². The average Bonchev–Trinajstić information content (AvgIpc) is 3.00. The van der Waals surface area contributed by atoms with Crippen LogP contribution < -0.4 is 5.73 Å². The molecule has 0 radical (unpaired) electrons. The van der Waals surface area contributed by atoms with E-state index in [0.717, 1.165) is 29.6 Å². The van der Waals surface area contributed by atoms with Crippen LogP contribution in [0.25, 0.3) is 11.0 Å². The van der Waals surface area contributed by atoms with Gasteiger partial charge in [0.05, 0.1) is 11.8 Å². The molecule has 0 saturated heterocycles. The summed E-state index contributed by atoms with van der Waals surface area (Å²) in [5, 5.41) is 0. The van der Waals surface area contributed by atoms with Crippen LogP contribution in [-0.4, -0.2) is 20.3 Å². The Hall–Kier alpha value is -2.01. The highest BCUT2D eigenvalue weighted by molar-refractivity contribution is 7.99. The molecule has 0 aliphatic heterocycles. The Morgan fingerprint density at radius 1 is 1.09 bits per heavy atom. The Labute approximate surface area is 141 Å². The molecule has 2 aromatic heterocycles. The smallest absolute Gasteiger partial charge is 0.151 e. The topological polar surface area (TPSA) is 56.7 Å². The van der Waals surface area contributed by atoms with E-state index in [1.54, 1.807) is 0 Å². The van der Waals surface area contributed by atoms with Gasteiger partial charge in [-0.25, -0.2) is 9.97 Å². The van der Waals surface area contributed by atoms with E-state index in [1.807, 2.05) is 24.3 Å². The number of hydrogen-bond acceptors (Lipinski definition) is 4. The van der Waals surface area contributed by atoms with E-state index in [0.29, 0.717) is 5.82 Å². The second-order valence-electron chi connectivity index (χ2n) is 5.68. The Bertz CT molecular complexity index is 767. The number of aryl methyl sites for hydroxylation is 2. The lowest BCUT2D eigenvalue weighted by atomic mass is 10.2. The van der Waals surface area contributed by atoms with Crippen LogP contribution in [0.3, 0.4) is 0 Å². The van der Waals surface area contributed by atoms with Crippen molar-refractivity contribution in [2.45, 2.75) is 37.6 Å². The molecule has 4 nitrogen and oxygen atoms in total. The maximum atomic E-state index is 5.90. The molecular formula is C18H22N4S. The van der Waals surface area contributed by atoms with E-state index in [9.17, 15) is 0 Å². The molecule has 0 atom stereocenters. The molecule has 0 spiro atoms. The van der Waals surface area contributed by atoms with Gasteiger partial charge < -0.3 is 10.3 Å². The lowest BCUT2D eigenvalue weighted by Crippen LogP contribution is -1.99. The lowest BCUT2D eigenvalue weighted by molar-refractivity contribution is 0.615. The minimum atomic E-state index is 0.517. The third-order valence-corrected chi connectivity index (χ3v) is 5.00. The van der Waals surface area contributed by atoms with Gasteiger partial charge in [0.1, 0.15) is 5.52 Å². The Morgan fingerprint density at radius 2 is 1.91 bits per heavy atom. The van der Waals surface area contributed by atoms with Crippen molar-refractivity contribution in [3.63, 3.8) is 0 Å². The SMILES string of the molecule is Cc1cnc(N)c2ncn(CCCCCSc3ccccc3)c12. The number of benzene rings is 1. The van der Waals surface area contributed by atoms with Gasteiger partial charge in [-0.1, -0.05) is 24.6 Å². The van der Waals surface area contributed by atoms with Crippen LogP contribution in [0.4, 0.5) is 5.82 Å². The summed E-state index contributed by atoms with van der Waals surface area (Å²) in [6, 6.07) is 10.6. The molecule has 1 aromatic carbocycles. The Kier molecular flexibility index (Phi) is 5.18. The summed E-state index contributed by atoms with van der Waals surface area (Å²) in [6.45, 7) is 3.04. The molecule has 0 aliphatic rings. The van der Waals surface area contributed by atoms with Crippen LogP contribution in [0.2, 0.25) is 0 Å². The minimum absolute atomic E-state index is 0.517. The normalized spacial score (nSPS) is 11.2. The fourth-order valence-electron chi connectivity index (χ4n) is 2.71. The minimum Gasteiger partial charge on any atom is -0.382 e. The molecule has 23 heavy (non-hydrogen) atoms. The highest BCUT2D eigenvalue weighted by Crippen LogP contribution is 2.22. The zero-order chi connectivity index (χ0) is 16.1. The summed E-state index contributed by atoms with van der Waals surface area (Å²) < 4.78 is 2.20. The van der Waals surface area contributed by atoms with Crippen molar-refractivity contribution in [3.8, 4) is 0 Å². The Morgan fingerprint density at radius 3 is 2.74 bits per heavy atom. The summed E-state index contributed by atoms with van der Waals surface area (Å²) in [7, 11) is 0. The van der Waals surface area contributed by atoms with Crippen LogP contribution in [0.1, 0.15) is 24.8 Å². The largest absolute Gasteiger partial charge is 0.382 e. The molecular weight excluding hydrogens is 304 g/mol. The van der Waals surface area contributed by atoms with Crippen molar-refractivity contribution in [2.24, 2.45) is 0 Å². The van der Waals surface area contributed by atoms with E-state index in [2.05, 4.69) is 51.8 Å². The molecule has 5 heteroatoms. The highest BCUT2D eigenvalue weighted by Gasteiger charge is 2.09. The van der Waals surface area contributed by atoms with Crippen molar-refractivity contribution in [3.05, 3.63) is 48.4 Å². The molecule has 3 rings (SSSR count). The average molecular weight is 326 g/mol. The van der Waals surface area contributed by atoms with E-state index in [4.69, 9.17) is 5.73 Å². The van der Waals surface area contributed by atoms with Gasteiger partial charge >= 0.3 is 0 Å². The number of anilines is 1. The predicted molar refractivity (Wildman–Crippen MR) is 97.7 cm³/mol. The van der Waals surface area contributed by atoms with E-state index in [1.165, 1.54) is 23.5 Å². The first-order chi connectivity index (χ1) is 11.3. The molecule has 2 N–H and O–H groups in total. The van der Waals surface area contributed by atoms with Crippen molar-refractivity contribution >= 4 is 28.6 Å². The molecule has 0 bridgehead atoms. The van der Waals surface area contributed by atoms with Crippen LogP contribution in [0.5, 0.6) is 0 Å². The van der Waals surface area contributed by atoms with Gasteiger partial charge in [0, 0.05) is 17.6 Å². The second-order valence-corrected chi connectivity index (χ2v) is 6.85. The van der Waals surface area contributed by atoms with Gasteiger partial charge in [-0.15, -0.1) is 11.8 Å². The van der Waals surface area contributed by atoms with Crippen molar-refractivity contribution in [1.29, 1.82) is 0 Å². The number of nitrogen functional groups attached to an aromatic ring is 1. The third kappa shape index (κ3) is 3.85. The first-order valence-corrected chi connectivity index (χ1v) is 8.98. The third-order valence-electron chi connectivity index (χ3n) is 3.91. The zero-order valence-corrected chi connectivity index (χ0v) is 14.2. The van der Waals surface area contributed by atoms with Gasteiger partial charge in [-0.05, 0) is 43.2 Å². The number of thioether (sulfide) groups is 1. The number of unbranched alkanes of at least 4 members (excludes halogenated alkanes) is 2. The van der Waals surface area contributed by atoms with Crippen molar-refractivity contribution < 1.29 is 0 Å². The number of nitrogens with two attached hydrogens (primary N) is 1. The molecule has 0 amide bonds. The number of nitrogens with zero attached hydrogens (tertiary/aromatic N) is 3. The number of aromatic nitrogens is 3. The fourth-order valence-corrected chi connectivity index (χ4v) is 3.64. The first kappa shape index (κ1) is 15.9. The molecule has 3 aromatic rings. The quantitative estimate of drug-likeness (QED) is 0.520. The second kappa shape index (κ2) is 7.51. The molecule has 2 heterocycles. The standard InChI is InChI=1S/C18H22N4S/c1-14-12-20-18(19)16-17(14)22(13-21-16)10-6-3-7-11-23-15-8-4-2-5-9-15/h2,4-5,8-9,12-13H,3,6-7,10-11H2,1H3,(H2,19,20). The maximum Gasteiger partial charge on any atom is 0.151 e. The first-order valence-electron chi connectivity index (χ1n) is 7.99. The number of hydrogen-bond donors (Lipinski definition) is 1. The predicted octanol–water partition coefficient (Wildman–Crippen LogP) is 4.28. The monoisotopic (exact) mass is 326 g/mol. The maximum absolute atomic E-state index is 5.90. The van der Waals surface area contributed by atoms with Crippen LogP contribution in [0.15, 0.2) is 47.8 Å². The number of imidazole rings is 1. The number of pyridine rings is 1. The zero-order valence-electron chi connectivity index (χ0n) is 13.4. The fraction of sp³-hybridized carbons (Fsp3) is 0.333. The van der Waals surface area contributed by atoms with E-state index < -0.39 is 0 Å². The van der Waals surface area contributed by atoms with Crippen molar-refractivity contribution in [1.82, 2.24) is 14.5 Å². The molecule has 120 valence electrons. The summed E-state index contributed by atoms with van der Waals surface area (Å²) in [5.41, 5.74) is 8.97. The van der Waals surface area contributed by atoms with E-state index in [-0.39, 0.29) is 0 Å². The summed E-state index contributed by atoms with van der Waals surface area (Å²) in [6.07, 6.45) is 7.32. The highest BCUT2D eigenvalue weighted by atomic mass is 32.2. The summed E-state index contributed by atoms with van der Waals surface area (Å²) in [5.74, 6) is 1.69. The van der Waals surface area contributed by atoms with Gasteiger partial charge in [-0.3, -0.25) is 0 Å². The number of fused-ring (bicyclic) bond motifs is 1.